The van der Waals surface area contributed by atoms with E-state index in [2.05, 4.69) is 38.7 Å². The second kappa shape index (κ2) is 7.13. The Kier molecular flexibility index (Phi) is 4.68. The molecule has 1 N–H and O–H groups in total. The Hall–Kier alpha value is -2.70. The first kappa shape index (κ1) is 17.7. The molecule has 27 heavy (non-hydrogen) atoms. The van der Waals surface area contributed by atoms with Crippen molar-refractivity contribution in [3.8, 4) is 0 Å². The Morgan fingerprint density at radius 2 is 1.96 bits per heavy atom. The number of H-pyrrole nitrogens is 1. The van der Waals surface area contributed by atoms with E-state index in [1.165, 1.54) is 0 Å². The van der Waals surface area contributed by atoms with Gasteiger partial charge in [0, 0.05) is 31.4 Å². The zero-order valence-electron chi connectivity index (χ0n) is 16.1. The highest BCUT2D eigenvalue weighted by Gasteiger charge is 2.23. The summed E-state index contributed by atoms with van der Waals surface area (Å²) in [7, 11) is 0. The molecule has 0 aliphatic carbocycles. The lowest BCUT2D eigenvalue weighted by Gasteiger charge is -2.33. The van der Waals surface area contributed by atoms with Crippen molar-refractivity contribution < 1.29 is 0 Å². The molecule has 1 fully saturated rings. The lowest BCUT2D eigenvalue weighted by molar-refractivity contribution is 0.350. The van der Waals surface area contributed by atoms with E-state index in [1.807, 2.05) is 13.0 Å². The first-order chi connectivity index (χ1) is 13.0. The van der Waals surface area contributed by atoms with Crippen LogP contribution in [0.25, 0.3) is 11.0 Å². The molecule has 1 aliphatic rings. The van der Waals surface area contributed by atoms with Crippen molar-refractivity contribution in [2.45, 2.75) is 46.1 Å². The predicted octanol–water partition coefficient (Wildman–Crippen LogP) is 2.86. The molecule has 0 atom stereocenters. The highest BCUT2D eigenvalue weighted by Crippen LogP contribution is 2.27. The van der Waals surface area contributed by atoms with Gasteiger partial charge in [-0.1, -0.05) is 13.8 Å². The first-order valence-electron chi connectivity index (χ1n) is 9.63. The number of hydrogen-bond donors (Lipinski definition) is 1. The third-order valence-corrected chi connectivity index (χ3v) is 5.39. The molecule has 4 heterocycles. The van der Waals surface area contributed by atoms with Crippen molar-refractivity contribution in [2.75, 3.05) is 18.0 Å². The summed E-state index contributed by atoms with van der Waals surface area (Å²) in [5.74, 6) is 1.73. The highest BCUT2D eigenvalue weighted by molar-refractivity contribution is 5.86. The van der Waals surface area contributed by atoms with Gasteiger partial charge in [0.15, 0.2) is 5.82 Å². The molecule has 0 radical (unpaired) electrons. The van der Waals surface area contributed by atoms with Crippen LogP contribution in [0.5, 0.6) is 0 Å². The number of aryl methyl sites for hydroxylation is 1. The van der Waals surface area contributed by atoms with Gasteiger partial charge in [-0.2, -0.15) is 0 Å². The molecule has 7 nitrogen and oxygen atoms in total. The fourth-order valence-electron chi connectivity index (χ4n) is 3.80. The van der Waals surface area contributed by atoms with Crippen molar-refractivity contribution in [3.63, 3.8) is 0 Å². The van der Waals surface area contributed by atoms with Crippen LogP contribution in [0.4, 0.5) is 5.82 Å². The van der Waals surface area contributed by atoms with Crippen LogP contribution in [0.1, 0.15) is 44.0 Å². The van der Waals surface area contributed by atoms with Crippen molar-refractivity contribution in [1.29, 1.82) is 0 Å². The minimum Gasteiger partial charge on any atom is -0.355 e. The Labute approximate surface area is 158 Å². The van der Waals surface area contributed by atoms with Gasteiger partial charge in [0.1, 0.15) is 11.8 Å². The zero-order chi connectivity index (χ0) is 19.0. The summed E-state index contributed by atoms with van der Waals surface area (Å²) in [5, 5.41) is 0. The topological polar surface area (TPSA) is 79.7 Å². The van der Waals surface area contributed by atoms with Crippen LogP contribution in [-0.4, -0.2) is 37.6 Å². The molecular formula is C20H26N6O. The van der Waals surface area contributed by atoms with Gasteiger partial charge in [0.2, 0.25) is 0 Å². The quantitative estimate of drug-likeness (QED) is 0.768. The summed E-state index contributed by atoms with van der Waals surface area (Å²) in [6, 6.07) is 3.72. The summed E-state index contributed by atoms with van der Waals surface area (Å²) in [6.45, 7) is 8.74. The smallest absolute Gasteiger partial charge is 0.253 e. The fourth-order valence-corrected chi connectivity index (χ4v) is 3.80. The molecule has 3 aromatic rings. The Morgan fingerprint density at radius 3 is 2.67 bits per heavy atom. The van der Waals surface area contributed by atoms with Crippen LogP contribution in [0.3, 0.4) is 0 Å². The largest absolute Gasteiger partial charge is 0.355 e. The Bertz CT molecular complexity index is 997. The molecule has 7 heteroatoms. The summed E-state index contributed by atoms with van der Waals surface area (Å²) < 4.78 is 1.75. The van der Waals surface area contributed by atoms with Crippen LogP contribution in [0.15, 0.2) is 29.6 Å². The number of hydrogen-bond acceptors (Lipinski definition) is 5. The van der Waals surface area contributed by atoms with Gasteiger partial charge < -0.3 is 9.88 Å². The molecule has 0 aromatic carbocycles. The number of rotatable bonds is 4. The standard InChI is InChI=1S/C20H26N6O/c1-13(2)16-9-18(27)26(12-23-16)10-15-4-6-25(7-5-15)20-19-17(21-11-22-20)8-14(3)24-19/h8-9,11-13,15,24H,4-7,10H2,1-3H3. The lowest BCUT2D eigenvalue weighted by Crippen LogP contribution is -2.37. The minimum absolute atomic E-state index is 0.0514. The molecule has 3 aromatic heterocycles. The molecule has 0 spiro atoms. The van der Waals surface area contributed by atoms with Crippen LogP contribution in [-0.2, 0) is 6.54 Å². The molecular weight excluding hydrogens is 340 g/mol. The van der Waals surface area contributed by atoms with Crippen molar-refractivity contribution >= 4 is 16.9 Å². The van der Waals surface area contributed by atoms with E-state index < -0.39 is 0 Å². The first-order valence-corrected chi connectivity index (χ1v) is 9.63. The molecule has 0 bridgehead atoms. The summed E-state index contributed by atoms with van der Waals surface area (Å²) in [6.07, 6.45) is 5.41. The molecule has 142 valence electrons. The van der Waals surface area contributed by atoms with E-state index in [0.29, 0.717) is 5.92 Å². The third kappa shape index (κ3) is 3.59. The van der Waals surface area contributed by atoms with Crippen LogP contribution in [0.2, 0.25) is 0 Å². The number of piperidine rings is 1. The second-order valence-electron chi connectivity index (χ2n) is 7.80. The number of anilines is 1. The maximum atomic E-state index is 12.3. The van der Waals surface area contributed by atoms with E-state index in [1.54, 1.807) is 23.3 Å². The van der Waals surface area contributed by atoms with Gasteiger partial charge in [-0.25, -0.2) is 15.0 Å². The van der Waals surface area contributed by atoms with Gasteiger partial charge in [0.25, 0.3) is 5.56 Å². The van der Waals surface area contributed by atoms with Gasteiger partial charge in [-0.15, -0.1) is 0 Å². The number of fused-ring (bicyclic) bond motifs is 1. The maximum absolute atomic E-state index is 12.3. The third-order valence-electron chi connectivity index (χ3n) is 5.39. The average molecular weight is 366 g/mol. The lowest BCUT2D eigenvalue weighted by atomic mass is 9.96. The van der Waals surface area contributed by atoms with E-state index in [4.69, 9.17) is 0 Å². The van der Waals surface area contributed by atoms with E-state index >= 15 is 0 Å². The molecule has 0 amide bonds. The van der Waals surface area contributed by atoms with Crippen molar-refractivity contribution in [1.82, 2.24) is 24.5 Å². The average Bonchev–Trinajstić information content (AvgIpc) is 3.04. The Morgan fingerprint density at radius 1 is 1.19 bits per heavy atom. The van der Waals surface area contributed by atoms with Crippen molar-refractivity contribution in [2.24, 2.45) is 5.92 Å². The number of nitrogens with zero attached hydrogens (tertiary/aromatic N) is 5. The summed E-state index contributed by atoms with van der Waals surface area (Å²) in [5.41, 5.74) is 3.98. The summed E-state index contributed by atoms with van der Waals surface area (Å²) in [4.78, 5) is 31.3. The molecule has 0 saturated carbocycles. The molecule has 0 unspecified atom stereocenters. The zero-order valence-corrected chi connectivity index (χ0v) is 16.1. The van der Waals surface area contributed by atoms with Gasteiger partial charge in [-0.3, -0.25) is 9.36 Å². The summed E-state index contributed by atoms with van der Waals surface area (Å²) >= 11 is 0. The SMILES string of the molecule is Cc1cc2ncnc(N3CCC(Cn4cnc(C(C)C)cc4=O)CC3)c2[nH]1. The molecule has 1 saturated heterocycles. The fraction of sp³-hybridized carbons (Fsp3) is 0.500. The number of aromatic nitrogens is 5. The maximum Gasteiger partial charge on any atom is 0.253 e. The van der Waals surface area contributed by atoms with E-state index in [0.717, 1.165) is 60.7 Å². The van der Waals surface area contributed by atoms with Crippen molar-refractivity contribution in [3.05, 3.63) is 46.5 Å². The van der Waals surface area contributed by atoms with Crippen LogP contribution in [0, 0.1) is 12.8 Å². The van der Waals surface area contributed by atoms with Gasteiger partial charge in [0.05, 0.1) is 17.5 Å². The van der Waals surface area contributed by atoms with E-state index in [-0.39, 0.29) is 11.5 Å². The minimum atomic E-state index is 0.0514. The van der Waals surface area contributed by atoms with Crippen LogP contribution < -0.4 is 10.5 Å². The van der Waals surface area contributed by atoms with Gasteiger partial charge >= 0.3 is 0 Å². The second-order valence-corrected chi connectivity index (χ2v) is 7.80. The van der Waals surface area contributed by atoms with Crippen LogP contribution >= 0.6 is 0 Å². The molecule has 1 aliphatic heterocycles. The highest BCUT2D eigenvalue weighted by atomic mass is 16.1. The monoisotopic (exact) mass is 366 g/mol. The normalized spacial score (nSPS) is 15.8. The van der Waals surface area contributed by atoms with E-state index in [9.17, 15) is 4.79 Å². The predicted molar refractivity (Wildman–Crippen MR) is 106 cm³/mol. The number of nitrogens with one attached hydrogen (secondary N) is 1. The van der Waals surface area contributed by atoms with Gasteiger partial charge in [-0.05, 0) is 37.7 Å². The number of aromatic amines is 1. The molecule has 4 rings (SSSR count). The Balaban J connectivity index is 1.44.